The fourth-order valence-electron chi connectivity index (χ4n) is 3.37. The number of hydrogen-bond acceptors (Lipinski definition) is 4. The molecule has 0 aliphatic carbocycles. The van der Waals surface area contributed by atoms with Gasteiger partial charge in [-0.25, -0.2) is 4.98 Å². The SMILES string of the molecule is COC1CCN(C(=O)c2ccc(CSc3nc4ccccc4[nH]3)cc2)CC1. The molecule has 6 heteroatoms. The number of carbonyl (C=O) groups is 1. The van der Waals surface area contributed by atoms with Crippen LogP contribution in [0.1, 0.15) is 28.8 Å². The van der Waals surface area contributed by atoms with Gasteiger partial charge < -0.3 is 14.6 Å². The zero-order chi connectivity index (χ0) is 18.6. The molecule has 1 saturated heterocycles. The maximum Gasteiger partial charge on any atom is 0.253 e. The summed E-state index contributed by atoms with van der Waals surface area (Å²) in [5.41, 5.74) is 3.97. The highest BCUT2D eigenvalue weighted by molar-refractivity contribution is 7.98. The number of piperidine rings is 1. The van der Waals surface area contributed by atoms with Gasteiger partial charge in [0.15, 0.2) is 5.16 Å². The number of thioether (sulfide) groups is 1. The van der Waals surface area contributed by atoms with Gasteiger partial charge in [0.1, 0.15) is 0 Å². The number of benzene rings is 2. The van der Waals surface area contributed by atoms with E-state index in [1.807, 2.05) is 53.4 Å². The van der Waals surface area contributed by atoms with Gasteiger partial charge in [0.25, 0.3) is 5.91 Å². The number of imidazole rings is 1. The van der Waals surface area contributed by atoms with Crippen molar-refractivity contribution in [3.63, 3.8) is 0 Å². The lowest BCUT2D eigenvalue weighted by molar-refractivity contribution is 0.0351. The Morgan fingerprint density at radius 1 is 1.19 bits per heavy atom. The van der Waals surface area contributed by atoms with Gasteiger partial charge in [-0.15, -0.1) is 0 Å². The van der Waals surface area contributed by atoms with Crippen LogP contribution in [-0.4, -0.2) is 47.1 Å². The van der Waals surface area contributed by atoms with E-state index in [-0.39, 0.29) is 12.0 Å². The van der Waals surface area contributed by atoms with Crippen molar-refractivity contribution >= 4 is 28.7 Å². The molecule has 1 fully saturated rings. The lowest BCUT2D eigenvalue weighted by atomic mass is 10.1. The van der Waals surface area contributed by atoms with Gasteiger partial charge in [-0.3, -0.25) is 4.79 Å². The van der Waals surface area contributed by atoms with E-state index in [1.165, 1.54) is 5.56 Å². The lowest BCUT2D eigenvalue weighted by Crippen LogP contribution is -2.40. The zero-order valence-corrected chi connectivity index (χ0v) is 16.2. The summed E-state index contributed by atoms with van der Waals surface area (Å²) in [6.07, 6.45) is 2.11. The molecule has 0 saturated carbocycles. The Balaban J connectivity index is 1.35. The maximum absolute atomic E-state index is 12.6. The number of likely N-dealkylation sites (tertiary alicyclic amines) is 1. The van der Waals surface area contributed by atoms with Crippen LogP contribution in [-0.2, 0) is 10.5 Å². The Morgan fingerprint density at radius 3 is 2.63 bits per heavy atom. The number of aromatic amines is 1. The molecule has 0 unspecified atom stereocenters. The third-order valence-corrected chi connectivity index (χ3v) is 5.95. The smallest absolute Gasteiger partial charge is 0.253 e. The number of nitrogens with zero attached hydrogens (tertiary/aromatic N) is 2. The van der Waals surface area contributed by atoms with Crippen molar-refractivity contribution < 1.29 is 9.53 Å². The van der Waals surface area contributed by atoms with E-state index in [1.54, 1.807) is 18.9 Å². The van der Waals surface area contributed by atoms with Gasteiger partial charge in [0, 0.05) is 31.5 Å². The van der Waals surface area contributed by atoms with Crippen LogP contribution >= 0.6 is 11.8 Å². The number of methoxy groups -OCH3 is 1. The van der Waals surface area contributed by atoms with Crippen molar-refractivity contribution in [3.8, 4) is 0 Å². The Labute approximate surface area is 163 Å². The van der Waals surface area contributed by atoms with E-state index in [0.717, 1.165) is 53.4 Å². The quantitative estimate of drug-likeness (QED) is 0.676. The Morgan fingerprint density at radius 2 is 1.93 bits per heavy atom. The lowest BCUT2D eigenvalue weighted by Gasteiger charge is -2.31. The summed E-state index contributed by atoms with van der Waals surface area (Å²) in [5, 5.41) is 0.914. The Hall–Kier alpha value is -2.31. The number of ether oxygens (including phenoxy) is 1. The highest BCUT2D eigenvalue weighted by Crippen LogP contribution is 2.23. The van der Waals surface area contributed by atoms with E-state index in [4.69, 9.17) is 4.74 Å². The topological polar surface area (TPSA) is 58.2 Å². The molecule has 1 amide bonds. The van der Waals surface area contributed by atoms with Gasteiger partial charge in [-0.1, -0.05) is 36.0 Å². The fraction of sp³-hybridized carbons (Fsp3) is 0.333. The summed E-state index contributed by atoms with van der Waals surface area (Å²) < 4.78 is 5.38. The minimum absolute atomic E-state index is 0.112. The number of carbonyl (C=O) groups excluding carboxylic acids is 1. The minimum atomic E-state index is 0.112. The van der Waals surface area contributed by atoms with Crippen LogP contribution in [0.3, 0.4) is 0 Å². The molecule has 5 nitrogen and oxygen atoms in total. The van der Waals surface area contributed by atoms with Crippen molar-refractivity contribution in [2.45, 2.75) is 29.9 Å². The summed E-state index contributed by atoms with van der Waals surface area (Å²) in [6, 6.07) is 16.0. The second-order valence-corrected chi connectivity index (χ2v) is 7.74. The predicted molar refractivity (Wildman–Crippen MR) is 108 cm³/mol. The molecule has 1 N–H and O–H groups in total. The summed E-state index contributed by atoms with van der Waals surface area (Å²) in [5.74, 6) is 0.925. The molecule has 1 aliphatic heterocycles. The number of hydrogen-bond donors (Lipinski definition) is 1. The molecule has 2 heterocycles. The van der Waals surface area contributed by atoms with E-state index >= 15 is 0 Å². The highest BCUT2D eigenvalue weighted by atomic mass is 32.2. The molecule has 0 bridgehead atoms. The molecule has 2 aromatic carbocycles. The van der Waals surface area contributed by atoms with Crippen LogP contribution in [0.5, 0.6) is 0 Å². The Kier molecular flexibility index (Phi) is 5.45. The number of nitrogens with one attached hydrogen (secondary N) is 1. The molecule has 1 aromatic heterocycles. The molecule has 27 heavy (non-hydrogen) atoms. The van der Waals surface area contributed by atoms with Gasteiger partial charge in [0.05, 0.1) is 17.1 Å². The summed E-state index contributed by atoms with van der Waals surface area (Å²) in [4.78, 5) is 22.5. The molecular formula is C21H23N3O2S. The van der Waals surface area contributed by atoms with Crippen LogP contribution < -0.4 is 0 Å². The van der Waals surface area contributed by atoms with E-state index in [0.29, 0.717) is 0 Å². The van der Waals surface area contributed by atoms with Crippen molar-refractivity contribution in [1.29, 1.82) is 0 Å². The van der Waals surface area contributed by atoms with Crippen LogP contribution in [0.25, 0.3) is 11.0 Å². The van der Waals surface area contributed by atoms with Crippen molar-refractivity contribution in [2.75, 3.05) is 20.2 Å². The second-order valence-electron chi connectivity index (χ2n) is 6.77. The molecule has 0 spiro atoms. The van der Waals surface area contributed by atoms with Crippen LogP contribution in [0.2, 0.25) is 0 Å². The molecule has 0 radical (unpaired) electrons. The number of rotatable bonds is 5. The van der Waals surface area contributed by atoms with Gasteiger partial charge >= 0.3 is 0 Å². The molecule has 4 rings (SSSR count). The largest absolute Gasteiger partial charge is 0.381 e. The fourth-order valence-corrected chi connectivity index (χ4v) is 4.21. The second kappa shape index (κ2) is 8.15. The predicted octanol–water partition coefficient (Wildman–Crippen LogP) is 4.11. The van der Waals surface area contributed by atoms with Crippen molar-refractivity contribution in [2.24, 2.45) is 0 Å². The molecular weight excluding hydrogens is 358 g/mol. The molecule has 140 valence electrons. The number of H-pyrrole nitrogens is 1. The number of amides is 1. The molecule has 0 atom stereocenters. The van der Waals surface area contributed by atoms with E-state index in [9.17, 15) is 4.79 Å². The van der Waals surface area contributed by atoms with E-state index < -0.39 is 0 Å². The third-order valence-electron chi connectivity index (χ3n) is 5.01. The standard InChI is InChI=1S/C21H23N3O2S/c1-26-17-10-12-24(13-11-17)20(25)16-8-6-15(7-9-16)14-27-21-22-18-4-2-3-5-19(18)23-21/h2-9,17H,10-14H2,1H3,(H,22,23). The average molecular weight is 382 g/mol. The van der Waals surface area contributed by atoms with Crippen LogP contribution in [0.4, 0.5) is 0 Å². The van der Waals surface area contributed by atoms with Gasteiger partial charge in [0.2, 0.25) is 0 Å². The normalized spacial score (nSPS) is 15.4. The summed E-state index contributed by atoms with van der Waals surface area (Å²) in [7, 11) is 1.74. The minimum Gasteiger partial charge on any atom is -0.381 e. The first-order chi connectivity index (χ1) is 13.2. The van der Waals surface area contributed by atoms with Crippen molar-refractivity contribution in [1.82, 2.24) is 14.9 Å². The first-order valence-electron chi connectivity index (χ1n) is 9.21. The van der Waals surface area contributed by atoms with Crippen LogP contribution in [0.15, 0.2) is 53.7 Å². The summed E-state index contributed by atoms with van der Waals surface area (Å²) >= 11 is 1.67. The first-order valence-corrected chi connectivity index (χ1v) is 10.2. The van der Waals surface area contributed by atoms with Gasteiger partial charge in [-0.2, -0.15) is 0 Å². The maximum atomic E-state index is 12.6. The van der Waals surface area contributed by atoms with Crippen LogP contribution in [0, 0.1) is 0 Å². The van der Waals surface area contributed by atoms with Gasteiger partial charge in [-0.05, 0) is 42.7 Å². The monoisotopic (exact) mass is 381 g/mol. The molecule has 1 aliphatic rings. The average Bonchev–Trinajstić information content (AvgIpc) is 3.15. The third kappa shape index (κ3) is 4.17. The number of para-hydroxylation sites is 2. The summed E-state index contributed by atoms with van der Waals surface area (Å²) in [6.45, 7) is 1.53. The number of aromatic nitrogens is 2. The zero-order valence-electron chi connectivity index (χ0n) is 15.4. The molecule has 3 aromatic rings. The number of fused-ring (bicyclic) bond motifs is 1. The highest BCUT2D eigenvalue weighted by Gasteiger charge is 2.23. The Bertz CT molecular complexity index is 882. The van der Waals surface area contributed by atoms with Crippen molar-refractivity contribution in [3.05, 3.63) is 59.7 Å². The first kappa shape index (κ1) is 18.1. The van der Waals surface area contributed by atoms with E-state index in [2.05, 4.69) is 9.97 Å².